The second kappa shape index (κ2) is 16.7. The second-order valence-electron chi connectivity index (χ2n) is 13.0. The predicted molar refractivity (Wildman–Crippen MR) is 178 cm³/mol. The van der Waals surface area contributed by atoms with E-state index < -0.39 is 37.5 Å². The maximum Gasteiger partial charge on any atom is 0.338 e. The van der Waals surface area contributed by atoms with Crippen molar-refractivity contribution in [3.63, 3.8) is 0 Å². The molecule has 0 aromatic heterocycles. The first kappa shape index (κ1) is 35.9. The highest BCUT2D eigenvalue weighted by molar-refractivity contribution is 5.87. The molecule has 0 atom stereocenters. The lowest BCUT2D eigenvalue weighted by molar-refractivity contribution is -0.163. The van der Waals surface area contributed by atoms with Gasteiger partial charge in [-0.05, 0) is 116 Å². The summed E-state index contributed by atoms with van der Waals surface area (Å²) in [5.74, 6) is -0.310. The molecule has 0 bridgehead atoms. The number of rotatable bonds is 16. The van der Waals surface area contributed by atoms with E-state index in [9.17, 15) is 19.1 Å². The number of aliphatic hydroxyl groups is 2. The molecule has 4 rings (SSSR count). The van der Waals surface area contributed by atoms with E-state index in [-0.39, 0.29) is 29.7 Å². The number of halogens is 1. The van der Waals surface area contributed by atoms with E-state index in [0.29, 0.717) is 11.7 Å². The summed E-state index contributed by atoms with van der Waals surface area (Å²) in [6.07, 6.45) is 7.79. The molecule has 0 amide bonds. The van der Waals surface area contributed by atoms with E-state index >= 15 is 0 Å². The average Bonchev–Trinajstić information content (AvgIpc) is 3.08. The number of carbonyl (C=O) groups is 2. The zero-order valence-electron chi connectivity index (χ0n) is 27.7. The molecule has 1 fully saturated rings. The van der Waals surface area contributed by atoms with Crippen LogP contribution in [0.4, 0.5) is 4.39 Å². The number of esters is 2. The van der Waals surface area contributed by atoms with Crippen LogP contribution in [0.2, 0.25) is 0 Å². The van der Waals surface area contributed by atoms with Gasteiger partial charge in [0.15, 0.2) is 11.5 Å². The standard InChI is InChI=1S/C38H47FO8/c1-5-6-7-8-31-17-29-14-13-28(18-32(29)19-33(31)39)26-9-11-27(12-10-26)30-15-16-34(44-24-47-37(43)38(3,4)22-41)35(20-30)45-23-46-36(42)25(2)21-40/h13-20,26-27,40-41H,2,5-12,21-24H2,1,3-4H3. The molecule has 1 aliphatic rings. The Morgan fingerprint density at radius 2 is 1.49 bits per heavy atom. The molecule has 254 valence electrons. The minimum absolute atomic E-state index is 0.0994. The summed E-state index contributed by atoms with van der Waals surface area (Å²) in [7, 11) is 0. The molecule has 0 radical (unpaired) electrons. The quantitative estimate of drug-likeness (QED) is 0.0711. The number of hydrogen-bond donors (Lipinski definition) is 2. The molecular weight excluding hydrogens is 603 g/mol. The highest BCUT2D eigenvalue weighted by atomic mass is 19.1. The van der Waals surface area contributed by atoms with Crippen LogP contribution in [-0.2, 0) is 25.5 Å². The minimum Gasteiger partial charge on any atom is -0.453 e. The normalized spacial score (nSPS) is 16.5. The van der Waals surface area contributed by atoms with E-state index in [1.807, 2.05) is 18.2 Å². The summed E-state index contributed by atoms with van der Waals surface area (Å²) < 4.78 is 36.6. The van der Waals surface area contributed by atoms with Crippen LogP contribution in [0.5, 0.6) is 11.5 Å². The van der Waals surface area contributed by atoms with Gasteiger partial charge in [-0.3, -0.25) is 4.79 Å². The Bertz CT molecular complexity index is 1540. The maximum atomic E-state index is 14.9. The molecule has 47 heavy (non-hydrogen) atoms. The highest BCUT2D eigenvalue weighted by Gasteiger charge is 2.29. The van der Waals surface area contributed by atoms with E-state index in [4.69, 9.17) is 24.1 Å². The predicted octanol–water partition coefficient (Wildman–Crippen LogP) is 7.48. The smallest absolute Gasteiger partial charge is 0.338 e. The van der Waals surface area contributed by atoms with Crippen molar-refractivity contribution in [1.82, 2.24) is 0 Å². The van der Waals surface area contributed by atoms with Crippen LogP contribution >= 0.6 is 0 Å². The number of hydrogen-bond acceptors (Lipinski definition) is 8. The van der Waals surface area contributed by atoms with E-state index in [2.05, 4.69) is 31.7 Å². The summed E-state index contributed by atoms with van der Waals surface area (Å²) in [6.45, 7) is 6.98. The number of benzene rings is 3. The minimum atomic E-state index is -1.07. The molecule has 0 unspecified atom stereocenters. The third-order valence-electron chi connectivity index (χ3n) is 8.95. The van der Waals surface area contributed by atoms with Gasteiger partial charge in [0.2, 0.25) is 13.6 Å². The summed E-state index contributed by atoms with van der Waals surface area (Å²) in [4.78, 5) is 24.2. The Kier molecular flexibility index (Phi) is 12.8. The molecule has 0 saturated heterocycles. The van der Waals surface area contributed by atoms with Crippen molar-refractivity contribution in [1.29, 1.82) is 0 Å². The fourth-order valence-electron chi connectivity index (χ4n) is 5.84. The van der Waals surface area contributed by atoms with Crippen molar-refractivity contribution in [3.05, 3.63) is 83.2 Å². The van der Waals surface area contributed by atoms with Gasteiger partial charge in [0.05, 0.1) is 24.2 Å². The third-order valence-corrected chi connectivity index (χ3v) is 8.95. The second-order valence-corrected chi connectivity index (χ2v) is 13.0. The van der Waals surface area contributed by atoms with Crippen molar-refractivity contribution < 1.29 is 43.1 Å². The van der Waals surface area contributed by atoms with Gasteiger partial charge in [-0.2, -0.15) is 0 Å². The van der Waals surface area contributed by atoms with E-state index in [1.165, 1.54) is 5.56 Å². The summed E-state index contributed by atoms with van der Waals surface area (Å²) in [5.41, 5.74) is 1.88. The zero-order valence-corrected chi connectivity index (χ0v) is 27.7. The van der Waals surface area contributed by atoms with Gasteiger partial charge < -0.3 is 29.2 Å². The maximum absolute atomic E-state index is 14.9. The van der Waals surface area contributed by atoms with Gasteiger partial charge in [0.1, 0.15) is 5.82 Å². The molecule has 1 saturated carbocycles. The van der Waals surface area contributed by atoms with Crippen molar-refractivity contribution in [2.45, 2.75) is 84.0 Å². The van der Waals surface area contributed by atoms with Gasteiger partial charge in [-0.1, -0.05) is 50.6 Å². The number of carbonyl (C=O) groups excluding carboxylic acids is 2. The lowest BCUT2D eigenvalue weighted by Crippen LogP contribution is -2.31. The van der Waals surface area contributed by atoms with Crippen molar-refractivity contribution in [3.8, 4) is 11.5 Å². The molecule has 8 nitrogen and oxygen atoms in total. The largest absolute Gasteiger partial charge is 0.453 e. The molecule has 1 aliphatic carbocycles. The van der Waals surface area contributed by atoms with Crippen LogP contribution in [0.25, 0.3) is 10.8 Å². The molecule has 0 heterocycles. The van der Waals surface area contributed by atoms with Crippen LogP contribution in [0.3, 0.4) is 0 Å². The van der Waals surface area contributed by atoms with Crippen LogP contribution in [-0.4, -0.2) is 49.0 Å². The first-order valence-electron chi connectivity index (χ1n) is 16.4. The molecule has 0 spiro atoms. The Morgan fingerprint density at radius 3 is 2.15 bits per heavy atom. The Hall–Kier alpha value is -3.95. The molecule has 9 heteroatoms. The lowest BCUT2D eigenvalue weighted by atomic mass is 9.76. The summed E-state index contributed by atoms with van der Waals surface area (Å²) in [6, 6.07) is 15.6. The number of fused-ring (bicyclic) bond motifs is 1. The van der Waals surface area contributed by atoms with Gasteiger partial charge in [-0.15, -0.1) is 0 Å². The van der Waals surface area contributed by atoms with Crippen LogP contribution in [0, 0.1) is 11.2 Å². The first-order chi connectivity index (χ1) is 22.6. The van der Waals surface area contributed by atoms with Crippen LogP contribution < -0.4 is 9.47 Å². The zero-order chi connectivity index (χ0) is 34.0. The van der Waals surface area contributed by atoms with E-state index in [1.54, 1.807) is 26.0 Å². The number of aryl methyl sites for hydroxylation is 1. The monoisotopic (exact) mass is 650 g/mol. The van der Waals surface area contributed by atoms with Gasteiger partial charge in [0.25, 0.3) is 0 Å². The van der Waals surface area contributed by atoms with E-state index in [0.717, 1.165) is 73.3 Å². The van der Waals surface area contributed by atoms with Gasteiger partial charge >= 0.3 is 11.9 Å². The summed E-state index contributed by atoms with van der Waals surface area (Å²) >= 11 is 0. The van der Waals surface area contributed by atoms with Gasteiger partial charge in [-0.25, -0.2) is 9.18 Å². The highest BCUT2D eigenvalue weighted by Crippen LogP contribution is 2.43. The van der Waals surface area contributed by atoms with Crippen LogP contribution in [0.1, 0.15) is 94.2 Å². The summed E-state index contributed by atoms with van der Waals surface area (Å²) in [5, 5.41) is 20.5. The number of aliphatic hydroxyl groups excluding tert-OH is 2. The Balaban J connectivity index is 1.42. The fraction of sp³-hybridized carbons (Fsp3) is 0.474. The average molecular weight is 651 g/mol. The SMILES string of the molecule is C=C(CO)C(=O)OCOc1cc(C2CCC(c3ccc4cc(CCCCC)c(F)cc4c3)CC2)ccc1OCOC(=O)C(C)(C)CO. The Labute approximate surface area is 276 Å². The first-order valence-corrected chi connectivity index (χ1v) is 16.4. The van der Waals surface area contributed by atoms with Crippen molar-refractivity contribution in [2.24, 2.45) is 5.41 Å². The molecule has 3 aromatic carbocycles. The topological polar surface area (TPSA) is 112 Å². The molecular formula is C38H47FO8. The molecule has 0 aliphatic heterocycles. The molecule has 2 N–H and O–H groups in total. The van der Waals surface area contributed by atoms with Gasteiger partial charge in [0, 0.05) is 0 Å². The number of unbranched alkanes of at least 4 members (excludes halogenated alkanes) is 2. The number of ether oxygens (including phenoxy) is 4. The third kappa shape index (κ3) is 9.55. The van der Waals surface area contributed by atoms with Crippen LogP contribution in [0.15, 0.2) is 60.7 Å². The van der Waals surface area contributed by atoms with Crippen molar-refractivity contribution >= 4 is 22.7 Å². The lowest BCUT2D eigenvalue weighted by Gasteiger charge is -2.29. The van der Waals surface area contributed by atoms with Crippen molar-refractivity contribution in [2.75, 3.05) is 26.8 Å². The fourth-order valence-corrected chi connectivity index (χ4v) is 5.84. The molecule has 3 aromatic rings. The Morgan fingerprint density at radius 1 is 0.851 bits per heavy atom.